The molecule has 2 heteroatoms. The zero-order valence-electron chi connectivity index (χ0n) is 14.3. The van der Waals surface area contributed by atoms with Crippen molar-refractivity contribution in [3.63, 3.8) is 0 Å². The van der Waals surface area contributed by atoms with Gasteiger partial charge in [-0.15, -0.1) is 0 Å². The molecule has 2 rings (SSSR count). The largest absolute Gasteiger partial charge is 0.496 e. The molecule has 0 amide bonds. The van der Waals surface area contributed by atoms with Crippen LogP contribution in [0.5, 0.6) is 5.75 Å². The lowest BCUT2D eigenvalue weighted by Gasteiger charge is -2.37. The topological polar surface area (TPSA) is 21.3 Å². The number of benzene rings is 1. The minimum Gasteiger partial charge on any atom is -0.496 e. The Labute approximate surface area is 130 Å². The van der Waals surface area contributed by atoms with Crippen LogP contribution in [0.3, 0.4) is 0 Å². The second-order valence-corrected chi connectivity index (χ2v) is 7.66. The Bertz CT molecular complexity index is 449. The summed E-state index contributed by atoms with van der Waals surface area (Å²) in [6, 6.07) is 8.57. The number of ether oxygens (including phenoxy) is 1. The molecular formula is C19H31NO. The van der Waals surface area contributed by atoms with E-state index in [0.29, 0.717) is 11.8 Å². The molecule has 21 heavy (non-hydrogen) atoms. The summed E-state index contributed by atoms with van der Waals surface area (Å²) in [7, 11) is 1.79. The van der Waals surface area contributed by atoms with Crippen molar-refractivity contribution >= 4 is 0 Å². The fourth-order valence-corrected chi connectivity index (χ4v) is 3.48. The lowest BCUT2D eigenvalue weighted by molar-refractivity contribution is 0.223. The van der Waals surface area contributed by atoms with Gasteiger partial charge in [0.25, 0.3) is 0 Å². The molecular weight excluding hydrogens is 258 g/mol. The van der Waals surface area contributed by atoms with Gasteiger partial charge in [-0.05, 0) is 69.5 Å². The van der Waals surface area contributed by atoms with Crippen LogP contribution in [0.25, 0.3) is 0 Å². The lowest BCUT2D eigenvalue weighted by atomic mass is 9.71. The molecule has 1 saturated carbocycles. The highest BCUT2D eigenvalue weighted by Gasteiger charge is 2.31. The van der Waals surface area contributed by atoms with E-state index in [2.05, 4.69) is 57.3 Å². The van der Waals surface area contributed by atoms with Gasteiger partial charge in [0.2, 0.25) is 0 Å². The van der Waals surface area contributed by atoms with Crippen LogP contribution in [0, 0.1) is 11.8 Å². The standard InChI is InChI=1S/C19H31NO/c1-14-10-11-15(13-20-19(2,3)4)17(12-14)16-8-6-7-9-18(16)21-5/h6-9,14-15,17,20H,10-13H2,1-5H3. The summed E-state index contributed by atoms with van der Waals surface area (Å²) in [6.45, 7) is 10.2. The first-order chi connectivity index (χ1) is 9.90. The smallest absolute Gasteiger partial charge is 0.122 e. The molecule has 1 aromatic rings. The van der Waals surface area contributed by atoms with E-state index in [-0.39, 0.29) is 5.54 Å². The molecule has 0 heterocycles. The fourth-order valence-electron chi connectivity index (χ4n) is 3.48. The highest BCUT2D eigenvalue weighted by molar-refractivity contribution is 5.37. The first-order valence-corrected chi connectivity index (χ1v) is 8.28. The third-order valence-electron chi connectivity index (χ3n) is 4.69. The average Bonchev–Trinajstić information content (AvgIpc) is 2.45. The molecule has 0 spiro atoms. The summed E-state index contributed by atoms with van der Waals surface area (Å²) >= 11 is 0. The van der Waals surface area contributed by atoms with Crippen LogP contribution in [0.2, 0.25) is 0 Å². The molecule has 1 aliphatic rings. The summed E-state index contributed by atoms with van der Waals surface area (Å²) in [4.78, 5) is 0. The van der Waals surface area contributed by atoms with Gasteiger partial charge in [-0.3, -0.25) is 0 Å². The van der Waals surface area contributed by atoms with E-state index in [4.69, 9.17) is 4.74 Å². The quantitative estimate of drug-likeness (QED) is 0.874. The van der Waals surface area contributed by atoms with Crippen LogP contribution in [0.15, 0.2) is 24.3 Å². The van der Waals surface area contributed by atoms with E-state index in [9.17, 15) is 0 Å². The molecule has 0 bridgehead atoms. The predicted octanol–water partition coefficient (Wildman–Crippen LogP) is 4.60. The summed E-state index contributed by atoms with van der Waals surface area (Å²) in [5.41, 5.74) is 1.58. The van der Waals surface area contributed by atoms with Crippen molar-refractivity contribution in [3.8, 4) is 5.75 Å². The minimum absolute atomic E-state index is 0.189. The van der Waals surface area contributed by atoms with Gasteiger partial charge in [-0.1, -0.05) is 31.5 Å². The van der Waals surface area contributed by atoms with Crippen LogP contribution in [0.4, 0.5) is 0 Å². The van der Waals surface area contributed by atoms with Crippen molar-refractivity contribution in [3.05, 3.63) is 29.8 Å². The normalized spacial score (nSPS) is 26.6. The second-order valence-electron chi connectivity index (χ2n) is 7.66. The molecule has 3 unspecified atom stereocenters. The molecule has 118 valence electrons. The monoisotopic (exact) mass is 289 g/mol. The molecule has 1 aliphatic carbocycles. The highest BCUT2D eigenvalue weighted by Crippen LogP contribution is 2.43. The maximum Gasteiger partial charge on any atom is 0.122 e. The zero-order valence-corrected chi connectivity index (χ0v) is 14.3. The van der Waals surface area contributed by atoms with Gasteiger partial charge in [0.05, 0.1) is 7.11 Å². The highest BCUT2D eigenvalue weighted by atomic mass is 16.5. The Morgan fingerprint density at radius 3 is 2.57 bits per heavy atom. The SMILES string of the molecule is COc1ccccc1C1CC(C)CCC1CNC(C)(C)C. The van der Waals surface area contributed by atoms with Crippen LogP contribution in [-0.4, -0.2) is 19.2 Å². The molecule has 2 nitrogen and oxygen atoms in total. The van der Waals surface area contributed by atoms with E-state index in [0.717, 1.165) is 18.2 Å². The first-order valence-electron chi connectivity index (χ1n) is 8.28. The molecule has 0 saturated heterocycles. The van der Waals surface area contributed by atoms with Crippen LogP contribution in [0.1, 0.15) is 58.4 Å². The van der Waals surface area contributed by atoms with Gasteiger partial charge in [-0.25, -0.2) is 0 Å². The van der Waals surface area contributed by atoms with Crippen LogP contribution >= 0.6 is 0 Å². The zero-order chi connectivity index (χ0) is 15.5. The van der Waals surface area contributed by atoms with Crippen molar-refractivity contribution in [1.82, 2.24) is 5.32 Å². The molecule has 0 aromatic heterocycles. The summed E-state index contributed by atoms with van der Waals surface area (Å²) in [6.07, 6.45) is 3.94. The number of hydrogen-bond acceptors (Lipinski definition) is 2. The van der Waals surface area contributed by atoms with Gasteiger partial charge in [0.15, 0.2) is 0 Å². The maximum atomic E-state index is 5.61. The van der Waals surface area contributed by atoms with Crippen molar-refractivity contribution in [1.29, 1.82) is 0 Å². The van der Waals surface area contributed by atoms with Crippen molar-refractivity contribution in [2.45, 2.75) is 58.4 Å². The molecule has 1 fully saturated rings. The van der Waals surface area contributed by atoms with E-state index < -0.39 is 0 Å². The number of nitrogens with one attached hydrogen (secondary N) is 1. The average molecular weight is 289 g/mol. The predicted molar refractivity (Wildman–Crippen MR) is 90.0 cm³/mol. The molecule has 1 N–H and O–H groups in total. The van der Waals surface area contributed by atoms with Gasteiger partial charge >= 0.3 is 0 Å². The molecule has 3 atom stereocenters. The summed E-state index contributed by atoms with van der Waals surface area (Å²) < 4.78 is 5.61. The summed E-state index contributed by atoms with van der Waals surface area (Å²) in [5.74, 6) is 3.18. The summed E-state index contributed by atoms with van der Waals surface area (Å²) in [5, 5.41) is 3.70. The Morgan fingerprint density at radius 1 is 1.19 bits per heavy atom. The van der Waals surface area contributed by atoms with Gasteiger partial charge in [0, 0.05) is 5.54 Å². The number of rotatable bonds is 4. The first kappa shape index (κ1) is 16.4. The second kappa shape index (κ2) is 6.83. The van der Waals surface area contributed by atoms with Crippen LogP contribution in [-0.2, 0) is 0 Å². The van der Waals surface area contributed by atoms with Gasteiger partial charge < -0.3 is 10.1 Å². The molecule has 0 aliphatic heterocycles. The van der Waals surface area contributed by atoms with E-state index >= 15 is 0 Å². The maximum absolute atomic E-state index is 5.61. The van der Waals surface area contributed by atoms with Crippen molar-refractivity contribution < 1.29 is 4.74 Å². The van der Waals surface area contributed by atoms with E-state index in [1.807, 2.05) is 0 Å². The minimum atomic E-state index is 0.189. The Hall–Kier alpha value is -1.02. The lowest BCUT2D eigenvalue weighted by Crippen LogP contribution is -2.41. The van der Waals surface area contributed by atoms with Gasteiger partial charge in [-0.2, -0.15) is 0 Å². The van der Waals surface area contributed by atoms with E-state index in [1.165, 1.54) is 24.8 Å². The number of hydrogen-bond donors (Lipinski definition) is 1. The van der Waals surface area contributed by atoms with E-state index in [1.54, 1.807) is 7.11 Å². The Balaban J connectivity index is 2.18. The third-order valence-corrected chi connectivity index (χ3v) is 4.69. The number of para-hydroxylation sites is 1. The Kier molecular flexibility index (Phi) is 5.32. The third kappa shape index (κ3) is 4.47. The van der Waals surface area contributed by atoms with Crippen molar-refractivity contribution in [2.75, 3.05) is 13.7 Å². The van der Waals surface area contributed by atoms with Crippen molar-refractivity contribution in [2.24, 2.45) is 11.8 Å². The Morgan fingerprint density at radius 2 is 1.90 bits per heavy atom. The number of methoxy groups -OCH3 is 1. The van der Waals surface area contributed by atoms with Crippen LogP contribution < -0.4 is 10.1 Å². The molecule has 0 radical (unpaired) electrons. The fraction of sp³-hybridized carbons (Fsp3) is 0.684. The molecule has 1 aromatic carbocycles. The van der Waals surface area contributed by atoms with Gasteiger partial charge in [0.1, 0.15) is 5.75 Å².